The number of nitroso groups, excluding NO2 is 1. The van der Waals surface area contributed by atoms with Crippen LogP contribution in [0.2, 0.25) is 0 Å². The molecule has 0 heterocycles. The van der Waals surface area contributed by atoms with Crippen molar-refractivity contribution >= 4 is 0 Å². The maximum absolute atomic E-state index is 10.4. The van der Waals surface area contributed by atoms with E-state index in [1.54, 1.807) is 0 Å². The molecule has 0 atom stereocenters. The molecule has 3 nitrogen and oxygen atoms in total. The van der Waals surface area contributed by atoms with Gasteiger partial charge in [0.15, 0.2) is 0 Å². The first-order valence-corrected chi connectivity index (χ1v) is 6.37. The van der Waals surface area contributed by atoms with E-state index in [9.17, 15) is 4.91 Å². The van der Waals surface area contributed by atoms with Crippen LogP contribution in [0.5, 0.6) is 0 Å². The first kappa shape index (κ1) is 11.1. The monoisotopic (exact) mass is 210 g/mol. The van der Waals surface area contributed by atoms with E-state index < -0.39 is 0 Å². The second-order valence-electron chi connectivity index (χ2n) is 5.35. The van der Waals surface area contributed by atoms with Gasteiger partial charge in [-0.15, -0.1) is 0 Å². The van der Waals surface area contributed by atoms with Crippen LogP contribution in [-0.2, 0) is 0 Å². The molecule has 0 aromatic rings. The smallest absolute Gasteiger partial charge is 0.0920 e. The fraction of sp³-hybridized carbons (Fsp3) is 1.00. The van der Waals surface area contributed by atoms with Crippen molar-refractivity contribution in [3.8, 4) is 0 Å². The Morgan fingerprint density at radius 2 is 1.27 bits per heavy atom. The van der Waals surface area contributed by atoms with Crippen molar-refractivity contribution in [3.05, 3.63) is 4.91 Å². The van der Waals surface area contributed by atoms with Gasteiger partial charge in [0, 0.05) is 6.04 Å². The summed E-state index contributed by atoms with van der Waals surface area (Å²) in [5.41, 5.74) is 5.91. The third kappa shape index (κ3) is 2.77. The Labute approximate surface area is 91.8 Å². The normalized spacial score (nSPS) is 42.5. The second kappa shape index (κ2) is 5.06. The SMILES string of the molecule is NC1CCC(C2CCC(N=O)CC2)CC1. The average molecular weight is 210 g/mol. The lowest BCUT2D eigenvalue weighted by Gasteiger charge is -2.35. The molecule has 0 unspecified atom stereocenters. The molecule has 15 heavy (non-hydrogen) atoms. The van der Waals surface area contributed by atoms with Crippen LogP contribution in [0, 0.1) is 16.7 Å². The van der Waals surface area contributed by atoms with Gasteiger partial charge >= 0.3 is 0 Å². The van der Waals surface area contributed by atoms with Crippen LogP contribution in [0.1, 0.15) is 51.4 Å². The summed E-state index contributed by atoms with van der Waals surface area (Å²) >= 11 is 0. The summed E-state index contributed by atoms with van der Waals surface area (Å²) in [6.45, 7) is 0. The first-order chi connectivity index (χ1) is 7.29. The standard InChI is InChI=1S/C12H22N2O/c13-11-5-1-9(2-6-11)10-3-7-12(14-15)8-4-10/h9-12H,1-8,13H2. The van der Waals surface area contributed by atoms with Gasteiger partial charge in [-0.05, 0) is 63.2 Å². The molecule has 0 amide bonds. The zero-order chi connectivity index (χ0) is 10.7. The highest BCUT2D eigenvalue weighted by molar-refractivity contribution is 4.84. The minimum atomic E-state index is 0.118. The molecule has 2 saturated carbocycles. The Kier molecular flexibility index (Phi) is 3.73. The molecule has 0 spiro atoms. The highest BCUT2D eigenvalue weighted by Gasteiger charge is 2.30. The Balaban J connectivity index is 1.78. The van der Waals surface area contributed by atoms with E-state index in [1.165, 1.54) is 38.5 Å². The number of hydrogen-bond acceptors (Lipinski definition) is 3. The molecule has 2 aliphatic rings. The zero-order valence-electron chi connectivity index (χ0n) is 9.40. The lowest BCUT2D eigenvalue weighted by molar-refractivity contribution is 0.178. The van der Waals surface area contributed by atoms with Crippen molar-refractivity contribution in [1.82, 2.24) is 0 Å². The van der Waals surface area contributed by atoms with E-state index in [1.807, 2.05) is 0 Å². The molecule has 0 bridgehead atoms. The van der Waals surface area contributed by atoms with Crippen LogP contribution in [0.25, 0.3) is 0 Å². The van der Waals surface area contributed by atoms with Gasteiger partial charge in [0.25, 0.3) is 0 Å². The molecular weight excluding hydrogens is 188 g/mol. The third-order valence-electron chi connectivity index (χ3n) is 4.37. The predicted octanol–water partition coefficient (Wildman–Crippen LogP) is 2.83. The average Bonchev–Trinajstić information content (AvgIpc) is 2.30. The summed E-state index contributed by atoms with van der Waals surface area (Å²) in [5.74, 6) is 1.74. The van der Waals surface area contributed by atoms with Crippen molar-refractivity contribution in [2.75, 3.05) is 0 Å². The summed E-state index contributed by atoms with van der Waals surface area (Å²) in [4.78, 5) is 10.4. The fourth-order valence-corrected chi connectivity index (χ4v) is 3.29. The quantitative estimate of drug-likeness (QED) is 0.712. The summed E-state index contributed by atoms with van der Waals surface area (Å²) < 4.78 is 0. The summed E-state index contributed by atoms with van der Waals surface area (Å²) in [6.07, 6.45) is 9.52. The van der Waals surface area contributed by atoms with Gasteiger partial charge in [-0.25, -0.2) is 0 Å². The molecule has 0 aliphatic heterocycles. The van der Waals surface area contributed by atoms with E-state index in [-0.39, 0.29) is 6.04 Å². The highest BCUT2D eigenvalue weighted by Crippen LogP contribution is 2.38. The maximum atomic E-state index is 10.4. The van der Waals surface area contributed by atoms with Crippen molar-refractivity contribution in [2.24, 2.45) is 22.7 Å². The number of rotatable bonds is 2. The molecule has 2 rings (SSSR count). The van der Waals surface area contributed by atoms with Gasteiger partial charge in [-0.1, -0.05) is 5.18 Å². The third-order valence-corrected chi connectivity index (χ3v) is 4.37. The molecule has 3 heteroatoms. The highest BCUT2D eigenvalue weighted by atomic mass is 16.3. The fourth-order valence-electron chi connectivity index (χ4n) is 3.29. The van der Waals surface area contributed by atoms with Crippen LogP contribution in [-0.4, -0.2) is 12.1 Å². The van der Waals surface area contributed by atoms with Gasteiger partial charge in [0.2, 0.25) is 0 Å². The molecular formula is C12H22N2O. The van der Waals surface area contributed by atoms with Crippen molar-refractivity contribution in [2.45, 2.75) is 63.5 Å². The van der Waals surface area contributed by atoms with Crippen molar-refractivity contribution < 1.29 is 0 Å². The van der Waals surface area contributed by atoms with Gasteiger partial charge < -0.3 is 5.73 Å². The van der Waals surface area contributed by atoms with E-state index in [2.05, 4.69) is 5.18 Å². The Hall–Kier alpha value is -0.440. The zero-order valence-corrected chi connectivity index (χ0v) is 9.40. The molecule has 2 fully saturated rings. The molecule has 0 aromatic heterocycles. The summed E-state index contributed by atoms with van der Waals surface area (Å²) in [5, 5.41) is 3.17. The molecule has 2 aliphatic carbocycles. The minimum Gasteiger partial charge on any atom is -0.328 e. The Morgan fingerprint density at radius 3 is 1.73 bits per heavy atom. The number of hydrogen-bond donors (Lipinski definition) is 1. The van der Waals surface area contributed by atoms with E-state index >= 15 is 0 Å². The summed E-state index contributed by atoms with van der Waals surface area (Å²) in [6, 6.07) is 0.571. The summed E-state index contributed by atoms with van der Waals surface area (Å²) in [7, 11) is 0. The topological polar surface area (TPSA) is 55.4 Å². The number of nitrogens with two attached hydrogens (primary N) is 1. The van der Waals surface area contributed by atoms with Crippen LogP contribution >= 0.6 is 0 Å². The van der Waals surface area contributed by atoms with Crippen molar-refractivity contribution in [3.63, 3.8) is 0 Å². The van der Waals surface area contributed by atoms with Crippen LogP contribution in [0.4, 0.5) is 0 Å². The van der Waals surface area contributed by atoms with Gasteiger partial charge in [-0.3, -0.25) is 0 Å². The van der Waals surface area contributed by atoms with Gasteiger partial charge in [0.1, 0.15) is 0 Å². The Morgan fingerprint density at radius 1 is 0.800 bits per heavy atom. The van der Waals surface area contributed by atoms with E-state index in [0.717, 1.165) is 24.7 Å². The lowest BCUT2D eigenvalue weighted by Crippen LogP contribution is -2.31. The van der Waals surface area contributed by atoms with Crippen LogP contribution in [0.3, 0.4) is 0 Å². The van der Waals surface area contributed by atoms with Gasteiger partial charge in [0.05, 0.1) is 6.04 Å². The second-order valence-corrected chi connectivity index (χ2v) is 5.35. The molecule has 0 saturated heterocycles. The molecule has 86 valence electrons. The lowest BCUT2D eigenvalue weighted by atomic mass is 9.72. The molecule has 0 aromatic carbocycles. The van der Waals surface area contributed by atoms with Crippen molar-refractivity contribution in [1.29, 1.82) is 0 Å². The predicted molar refractivity (Wildman–Crippen MR) is 61.5 cm³/mol. The van der Waals surface area contributed by atoms with E-state index in [0.29, 0.717) is 6.04 Å². The molecule has 0 radical (unpaired) electrons. The first-order valence-electron chi connectivity index (χ1n) is 6.37. The van der Waals surface area contributed by atoms with Gasteiger partial charge in [-0.2, -0.15) is 4.91 Å². The van der Waals surface area contributed by atoms with Crippen LogP contribution < -0.4 is 5.73 Å². The van der Waals surface area contributed by atoms with E-state index in [4.69, 9.17) is 5.73 Å². The maximum Gasteiger partial charge on any atom is 0.0920 e. The Bertz CT molecular complexity index is 204. The molecule has 2 N–H and O–H groups in total. The number of nitrogens with zero attached hydrogens (tertiary/aromatic N) is 1. The van der Waals surface area contributed by atoms with Crippen LogP contribution in [0.15, 0.2) is 5.18 Å². The minimum absolute atomic E-state index is 0.118. The largest absolute Gasteiger partial charge is 0.328 e.